The molecule has 2 aliphatic heterocycles. The highest BCUT2D eigenvalue weighted by Gasteiger charge is 2.65. The van der Waals surface area contributed by atoms with E-state index in [1.807, 2.05) is 18.2 Å². The molecule has 0 aromatic heterocycles. The largest absolute Gasteiger partial charge is 0.492 e. The van der Waals surface area contributed by atoms with E-state index in [1.165, 1.54) is 7.11 Å². The number of benzene rings is 2. The highest BCUT2D eigenvalue weighted by molar-refractivity contribution is 9.10. The van der Waals surface area contributed by atoms with Crippen molar-refractivity contribution in [2.45, 2.75) is 38.6 Å². The monoisotopic (exact) mass is 680 g/mol. The van der Waals surface area contributed by atoms with Gasteiger partial charge in [-0.3, -0.25) is 14.4 Å². The van der Waals surface area contributed by atoms with Gasteiger partial charge in [0.1, 0.15) is 12.4 Å². The van der Waals surface area contributed by atoms with E-state index in [2.05, 4.69) is 26.6 Å². The molecule has 11 heteroatoms. The fourth-order valence-corrected chi connectivity index (χ4v) is 7.21. The Morgan fingerprint density at radius 1 is 1.10 bits per heavy atom. The van der Waals surface area contributed by atoms with Crippen molar-refractivity contribution in [3.05, 3.63) is 84.9 Å². The lowest BCUT2D eigenvalue weighted by atomic mass is 9.55. The van der Waals surface area contributed by atoms with Crippen LogP contribution in [0.4, 0.5) is 0 Å². The first-order chi connectivity index (χ1) is 19.4. The zero-order chi connectivity index (χ0) is 29.7. The number of rotatable bonds is 6. The summed E-state index contributed by atoms with van der Waals surface area (Å²) in [5.41, 5.74) is -0.299. The number of hydrogen-bond donors (Lipinski definition) is 2. The minimum Gasteiger partial charge on any atom is -0.492 e. The molecule has 2 N–H and O–H groups in total. The van der Waals surface area contributed by atoms with Gasteiger partial charge in [0.25, 0.3) is 0 Å². The third kappa shape index (κ3) is 5.29. The van der Waals surface area contributed by atoms with E-state index in [4.69, 9.17) is 44.3 Å². The molecule has 1 aliphatic carbocycles. The van der Waals surface area contributed by atoms with Crippen LogP contribution in [0.1, 0.15) is 49.8 Å². The van der Waals surface area contributed by atoms with Gasteiger partial charge < -0.3 is 20.1 Å². The number of ether oxygens (including phenoxy) is 2. The van der Waals surface area contributed by atoms with Crippen LogP contribution in [0.5, 0.6) is 5.75 Å². The molecule has 41 heavy (non-hydrogen) atoms. The van der Waals surface area contributed by atoms with Gasteiger partial charge in [0, 0.05) is 49.1 Å². The second kappa shape index (κ2) is 11.3. The Morgan fingerprint density at radius 2 is 1.85 bits per heavy atom. The standard InChI is InChI=1S/C30H28BrCl3N2O5/c1-29(2,28(39)40-3)14-41-24-9-4-15(31)10-18(24)21-13-25(37)36-26(19-11-16(32)6-8-22(19)34)30(21)20-7-5-17(33)12-23(20)35-27(30)38/h4-6,8-12,20-21,26H,7,13-14H2,1-3H3,(H,35,38)(H,36,37)/t20?,21-,26+,30-/m1/s1. The lowest BCUT2D eigenvalue weighted by Crippen LogP contribution is -2.56. The number of amides is 2. The fraction of sp³-hybridized carbons (Fsp3) is 0.367. The van der Waals surface area contributed by atoms with E-state index >= 15 is 0 Å². The van der Waals surface area contributed by atoms with Crippen LogP contribution in [0.15, 0.2) is 63.8 Å². The molecule has 2 aromatic rings. The summed E-state index contributed by atoms with van der Waals surface area (Å²) in [5, 5.41) is 7.47. The van der Waals surface area contributed by atoms with E-state index in [0.717, 1.165) is 4.47 Å². The second-order valence-electron chi connectivity index (χ2n) is 11.1. The lowest BCUT2D eigenvalue weighted by Gasteiger charge is -2.49. The van der Waals surface area contributed by atoms with Crippen molar-refractivity contribution in [2.24, 2.45) is 16.7 Å². The molecule has 2 aromatic carbocycles. The molecule has 2 heterocycles. The highest BCUT2D eigenvalue weighted by Crippen LogP contribution is 2.62. The summed E-state index contributed by atoms with van der Waals surface area (Å²) in [7, 11) is 1.33. The number of hydrogen-bond acceptors (Lipinski definition) is 5. The average Bonchev–Trinajstić information content (AvgIpc) is 3.20. The number of esters is 1. The predicted octanol–water partition coefficient (Wildman–Crippen LogP) is 6.82. The van der Waals surface area contributed by atoms with E-state index in [-0.39, 0.29) is 30.8 Å². The molecule has 0 radical (unpaired) electrons. The Hall–Kier alpha value is -2.52. The Labute approximate surface area is 261 Å². The lowest BCUT2D eigenvalue weighted by molar-refractivity contribution is -0.152. The summed E-state index contributed by atoms with van der Waals surface area (Å²) < 4.78 is 12.0. The van der Waals surface area contributed by atoms with Gasteiger partial charge in [0.2, 0.25) is 11.8 Å². The molecule has 216 valence electrons. The maximum absolute atomic E-state index is 14.4. The number of carbonyl (C=O) groups excluding carboxylic acids is 3. The molecule has 2 fully saturated rings. The summed E-state index contributed by atoms with van der Waals surface area (Å²) in [6.07, 6.45) is 4.10. The zero-order valence-electron chi connectivity index (χ0n) is 22.5. The van der Waals surface area contributed by atoms with Crippen molar-refractivity contribution < 1.29 is 23.9 Å². The van der Waals surface area contributed by atoms with Crippen LogP contribution in [-0.4, -0.2) is 31.5 Å². The Bertz CT molecular complexity index is 1510. The topological polar surface area (TPSA) is 93.7 Å². The van der Waals surface area contributed by atoms with Gasteiger partial charge in [0.05, 0.1) is 24.0 Å². The number of nitrogens with one attached hydrogen (secondary N) is 2. The van der Waals surface area contributed by atoms with Crippen molar-refractivity contribution in [3.8, 4) is 5.75 Å². The van der Waals surface area contributed by atoms with Crippen LogP contribution >= 0.6 is 50.7 Å². The average molecular weight is 683 g/mol. The van der Waals surface area contributed by atoms with Crippen molar-refractivity contribution in [3.63, 3.8) is 0 Å². The number of halogens is 4. The Morgan fingerprint density at radius 3 is 2.59 bits per heavy atom. The molecule has 3 aliphatic rings. The number of carbonyl (C=O) groups is 3. The van der Waals surface area contributed by atoms with Crippen LogP contribution < -0.4 is 15.4 Å². The summed E-state index contributed by atoms with van der Waals surface area (Å²) >= 11 is 23.0. The molecule has 1 spiro atoms. The summed E-state index contributed by atoms with van der Waals surface area (Å²) in [5.74, 6) is -1.49. The van der Waals surface area contributed by atoms with E-state index in [1.54, 1.807) is 44.2 Å². The summed E-state index contributed by atoms with van der Waals surface area (Å²) in [4.78, 5) is 40.2. The third-order valence-electron chi connectivity index (χ3n) is 8.14. The maximum atomic E-state index is 14.4. The minimum absolute atomic E-state index is 0.0105. The summed E-state index contributed by atoms with van der Waals surface area (Å²) in [6, 6.07) is 9.64. The smallest absolute Gasteiger partial charge is 0.314 e. The van der Waals surface area contributed by atoms with Crippen molar-refractivity contribution >= 4 is 68.5 Å². The molecule has 2 saturated heterocycles. The molecule has 0 saturated carbocycles. The molecule has 5 rings (SSSR count). The Balaban J connectivity index is 1.71. The van der Waals surface area contributed by atoms with E-state index < -0.39 is 28.8 Å². The molecular formula is C30H28BrCl3N2O5. The molecule has 2 amide bonds. The first-order valence-electron chi connectivity index (χ1n) is 13.0. The van der Waals surface area contributed by atoms with Gasteiger partial charge in [0.15, 0.2) is 0 Å². The maximum Gasteiger partial charge on any atom is 0.314 e. The molecule has 4 atom stereocenters. The van der Waals surface area contributed by atoms with Gasteiger partial charge in [-0.25, -0.2) is 0 Å². The van der Waals surface area contributed by atoms with Gasteiger partial charge in [-0.15, -0.1) is 0 Å². The van der Waals surface area contributed by atoms with Crippen LogP contribution in [0.2, 0.25) is 10.0 Å². The number of fused-ring (bicyclic) bond motifs is 2. The summed E-state index contributed by atoms with van der Waals surface area (Å²) in [6.45, 7) is 3.47. The second-order valence-corrected chi connectivity index (χ2v) is 13.3. The van der Waals surface area contributed by atoms with Gasteiger partial charge in [-0.2, -0.15) is 0 Å². The molecule has 0 bridgehead atoms. The fourth-order valence-electron chi connectivity index (χ4n) is 6.22. The first-order valence-corrected chi connectivity index (χ1v) is 14.9. The van der Waals surface area contributed by atoms with Crippen molar-refractivity contribution in [1.29, 1.82) is 0 Å². The van der Waals surface area contributed by atoms with Crippen molar-refractivity contribution in [1.82, 2.24) is 10.6 Å². The number of allylic oxidation sites excluding steroid dienone is 4. The first kappa shape index (κ1) is 30.0. The molecular weight excluding hydrogens is 655 g/mol. The third-order valence-corrected chi connectivity index (χ3v) is 9.47. The molecule has 7 nitrogen and oxygen atoms in total. The Kier molecular flexibility index (Phi) is 8.25. The number of piperidine rings is 1. The highest BCUT2D eigenvalue weighted by atomic mass is 79.9. The van der Waals surface area contributed by atoms with Gasteiger partial charge in [-0.05, 0) is 68.3 Å². The minimum atomic E-state index is -1.22. The van der Waals surface area contributed by atoms with Crippen LogP contribution in [-0.2, 0) is 19.1 Å². The van der Waals surface area contributed by atoms with Crippen LogP contribution in [0, 0.1) is 16.7 Å². The zero-order valence-corrected chi connectivity index (χ0v) is 26.4. The predicted molar refractivity (Wildman–Crippen MR) is 161 cm³/mol. The van der Waals surface area contributed by atoms with Gasteiger partial charge in [-0.1, -0.05) is 56.8 Å². The van der Waals surface area contributed by atoms with E-state index in [0.29, 0.717) is 44.1 Å². The van der Waals surface area contributed by atoms with E-state index in [9.17, 15) is 14.4 Å². The normalized spacial score (nSPS) is 25.6. The van der Waals surface area contributed by atoms with Crippen LogP contribution in [0.25, 0.3) is 0 Å². The molecule has 1 unspecified atom stereocenters. The SMILES string of the molecule is COC(=O)C(C)(C)COc1ccc(Br)cc1[C@H]1CC(=O)N[C@@H](c2cc(Cl)ccc2Cl)[C@]12C(=O)NC1=CC(Cl)=CCC12. The number of methoxy groups -OCH3 is 1. The van der Waals surface area contributed by atoms with Crippen LogP contribution in [0.3, 0.4) is 0 Å². The van der Waals surface area contributed by atoms with Gasteiger partial charge >= 0.3 is 5.97 Å². The van der Waals surface area contributed by atoms with Crippen molar-refractivity contribution in [2.75, 3.05) is 13.7 Å². The quantitative estimate of drug-likeness (QED) is 0.327.